The molecule has 0 radical (unpaired) electrons. The number of aliphatic hydroxyl groups is 1. The van der Waals surface area contributed by atoms with Gasteiger partial charge < -0.3 is 24.3 Å². The minimum absolute atomic E-state index is 0.184. The molecule has 0 saturated heterocycles. The van der Waals surface area contributed by atoms with Gasteiger partial charge in [0.1, 0.15) is 12.4 Å². The lowest BCUT2D eigenvalue weighted by atomic mass is 10.3. The van der Waals surface area contributed by atoms with Crippen molar-refractivity contribution in [2.75, 3.05) is 26.3 Å². The van der Waals surface area contributed by atoms with Crippen molar-refractivity contribution in [1.29, 1.82) is 0 Å². The molecule has 1 heterocycles. The van der Waals surface area contributed by atoms with E-state index < -0.39 is 6.10 Å². The molecule has 0 aliphatic heterocycles. The molecule has 0 bridgehead atoms. The zero-order valence-corrected chi connectivity index (χ0v) is 11.8. The van der Waals surface area contributed by atoms with Gasteiger partial charge >= 0.3 is 5.97 Å². The fourth-order valence-corrected chi connectivity index (χ4v) is 1.61. The van der Waals surface area contributed by atoms with Gasteiger partial charge in [-0.1, -0.05) is 0 Å². The van der Waals surface area contributed by atoms with Gasteiger partial charge in [-0.05, 0) is 32.0 Å². The zero-order chi connectivity index (χ0) is 14.6. The van der Waals surface area contributed by atoms with Crippen molar-refractivity contribution in [3.8, 4) is 0 Å². The average Bonchev–Trinajstić information content (AvgIpc) is 2.92. The quantitative estimate of drug-likeness (QED) is 0.468. The summed E-state index contributed by atoms with van der Waals surface area (Å²) in [5, 5.41) is 12.7. The van der Waals surface area contributed by atoms with Crippen LogP contribution in [0.4, 0.5) is 0 Å². The molecule has 0 fully saturated rings. The molecule has 6 heteroatoms. The Balaban J connectivity index is 1.92. The summed E-state index contributed by atoms with van der Waals surface area (Å²) in [6.45, 7) is 3.89. The van der Waals surface area contributed by atoms with Crippen molar-refractivity contribution in [2.24, 2.45) is 0 Å². The van der Waals surface area contributed by atoms with Crippen molar-refractivity contribution in [1.82, 2.24) is 5.32 Å². The summed E-state index contributed by atoms with van der Waals surface area (Å²) in [4.78, 5) is 11.1. The van der Waals surface area contributed by atoms with Crippen LogP contribution in [0, 0.1) is 0 Å². The van der Waals surface area contributed by atoms with E-state index in [1.165, 1.54) is 0 Å². The van der Waals surface area contributed by atoms with E-state index in [1.807, 2.05) is 6.07 Å². The first-order valence-electron chi connectivity index (χ1n) is 6.87. The van der Waals surface area contributed by atoms with Crippen LogP contribution in [0.3, 0.4) is 0 Å². The third-order valence-electron chi connectivity index (χ3n) is 2.55. The first-order valence-corrected chi connectivity index (χ1v) is 6.87. The van der Waals surface area contributed by atoms with Crippen LogP contribution in [-0.4, -0.2) is 43.5 Å². The Kier molecular flexibility index (Phi) is 8.69. The second kappa shape index (κ2) is 10.4. The topological polar surface area (TPSA) is 80.9 Å². The Morgan fingerprint density at radius 3 is 3.10 bits per heavy atom. The van der Waals surface area contributed by atoms with Crippen molar-refractivity contribution in [3.63, 3.8) is 0 Å². The Morgan fingerprint density at radius 2 is 2.40 bits per heavy atom. The Morgan fingerprint density at radius 1 is 1.55 bits per heavy atom. The van der Waals surface area contributed by atoms with Crippen molar-refractivity contribution >= 4 is 5.97 Å². The van der Waals surface area contributed by atoms with Crippen molar-refractivity contribution in [2.45, 2.75) is 32.5 Å². The van der Waals surface area contributed by atoms with Crippen LogP contribution >= 0.6 is 0 Å². The lowest BCUT2D eigenvalue weighted by molar-refractivity contribution is -0.143. The molecule has 1 atom stereocenters. The summed E-state index contributed by atoms with van der Waals surface area (Å²) >= 11 is 0. The van der Waals surface area contributed by atoms with E-state index in [1.54, 1.807) is 19.3 Å². The van der Waals surface area contributed by atoms with E-state index in [4.69, 9.17) is 13.9 Å². The maximum Gasteiger partial charge on any atom is 0.305 e. The highest BCUT2D eigenvalue weighted by Crippen LogP contribution is 2.01. The number of hydrogen-bond donors (Lipinski definition) is 2. The highest BCUT2D eigenvalue weighted by atomic mass is 16.5. The van der Waals surface area contributed by atoms with Gasteiger partial charge in [0.2, 0.25) is 0 Å². The van der Waals surface area contributed by atoms with Crippen molar-refractivity contribution in [3.05, 3.63) is 24.2 Å². The third-order valence-corrected chi connectivity index (χ3v) is 2.55. The van der Waals surface area contributed by atoms with Crippen LogP contribution in [0.2, 0.25) is 0 Å². The second-order valence-electron chi connectivity index (χ2n) is 4.36. The lowest BCUT2D eigenvalue weighted by Gasteiger charge is -2.11. The molecule has 0 aliphatic carbocycles. The van der Waals surface area contributed by atoms with Gasteiger partial charge in [0.05, 0.1) is 25.6 Å². The third kappa shape index (κ3) is 7.93. The van der Waals surface area contributed by atoms with Gasteiger partial charge in [-0.3, -0.25) is 4.79 Å². The molecular weight excluding hydrogens is 262 g/mol. The summed E-state index contributed by atoms with van der Waals surface area (Å²) in [6, 6.07) is 3.61. The van der Waals surface area contributed by atoms with Crippen LogP contribution < -0.4 is 5.32 Å². The van der Waals surface area contributed by atoms with Gasteiger partial charge in [-0.2, -0.15) is 0 Å². The SMILES string of the molecule is CCOC(=O)CCCNCC(O)COCc1ccco1. The molecular formula is C14H23NO5. The number of carbonyl (C=O) groups is 1. The lowest BCUT2D eigenvalue weighted by Crippen LogP contribution is -2.31. The molecule has 0 aliphatic rings. The molecule has 1 unspecified atom stereocenters. The monoisotopic (exact) mass is 285 g/mol. The molecule has 0 aromatic carbocycles. The molecule has 1 rings (SSSR count). The zero-order valence-electron chi connectivity index (χ0n) is 11.8. The van der Waals surface area contributed by atoms with Crippen molar-refractivity contribution < 1.29 is 23.8 Å². The largest absolute Gasteiger partial charge is 0.467 e. The molecule has 6 nitrogen and oxygen atoms in total. The summed E-state index contributed by atoms with van der Waals surface area (Å²) < 4.78 is 15.2. The molecule has 1 aromatic rings. The predicted molar refractivity (Wildman–Crippen MR) is 73.1 cm³/mol. The van der Waals surface area contributed by atoms with Gasteiger partial charge in [0.25, 0.3) is 0 Å². The number of hydrogen-bond acceptors (Lipinski definition) is 6. The average molecular weight is 285 g/mol. The molecule has 20 heavy (non-hydrogen) atoms. The predicted octanol–water partition coefficient (Wildman–Crippen LogP) is 1.09. The number of ether oxygens (including phenoxy) is 2. The van der Waals surface area contributed by atoms with Gasteiger partial charge in [0.15, 0.2) is 0 Å². The second-order valence-corrected chi connectivity index (χ2v) is 4.36. The van der Waals surface area contributed by atoms with Crippen LogP contribution in [0.15, 0.2) is 22.8 Å². The highest BCUT2D eigenvalue weighted by Gasteiger charge is 2.05. The highest BCUT2D eigenvalue weighted by molar-refractivity contribution is 5.69. The normalized spacial score (nSPS) is 12.3. The summed E-state index contributed by atoms with van der Waals surface area (Å²) in [7, 11) is 0. The molecule has 114 valence electrons. The van der Waals surface area contributed by atoms with E-state index >= 15 is 0 Å². The summed E-state index contributed by atoms with van der Waals surface area (Å²) in [6.07, 6.45) is 2.10. The van der Waals surface area contributed by atoms with Crippen LogP contribution in [0.5, 0.6) is 0 Å². The molecule has 2 N–H and O–H groups in total. The number of rotatable bonds is 11. The molecule has 0 amide bonds. The molecule has 0 spiro atoms. The number of carbonyl (C=O) groups excluding carboxylic acids is 1. The maximum absolute atomic E-state index is 11.1. The minimum atomic E-state index is -0.576. The van der Waals surface area contributed by atoms with Gasteiger partial charge in [-0.25, -0.2) is 0 Å². The maximum atomic E-state index is 11.1. The number of aliphatic hydroxyl groups excluding tert-OH is 1. The van der Waals surface area contributed by atoms with E-state index in [0.717, 1.165) is 5.76 Å². The Hall–Kier alpha value is -1.37. The van der Waals surface area contributed by atoms with E-state index in [-0.39, 0.29) is 12.6 Å². The van der Waals surface area contributed by atoms with E-state index in [9.17, 15) is 9.90 Å². The number of nitrogens with one attached hydrogen (secondary N) is 1. The fraction of sp³-hybridized carbons (Fsp3) is 0.643. The smallest absolute Gasteiger partial charge is 0.305 e. The van der Waals surface area contributed by atoms with E-state index in [2.05, 4.69) is 5.32 Å². The van der Waals surface area contributed by atoms with Crippen LogP contribution in [0.25, 0.3) is 0 Å². The van der Waals surface area contributed by atoms with E-state index in [0.29, 0.717) is 39.1 Å². The Labute approximate surface area is 119 Å². The summed E-state index contributed by atoms with van der Waals surface area (Å²) in [5.41, 5.74) is 0. The molecule has 0 saturated carbocycles. The fourth-order valence-electron chi connectivity index (χ4n) is 1.61. The minimum Gasteiger partial charge on any atom is -0.467 e. The van der Waals surface area contributed by atoms with Gasteiger partial charge in [-0.15, -0.1) is 0 Å². The number of furan rings is 1. The first-order chi connectivity index (χ1) is 9.72. The number of esters is 1. The summed E-state index contributed by atoms with van der Waals surface area (Å²) in [5.74, 6) is 0.552. The van der Waals surface area contributed by atoms with Crippen LogP contribution in [0.1, 0.15) is 25.5 Å². The molecule has 1 aromatic heterocycles. The standard InChI is InChI=1S/C14H23NO5/c1-2-19-14(17)6-3-7-15-9-12(16)10-18-11-13-5-4-8-20-13/h4-5,8,12,15-16H,2-3,6-7,9-11H2,1H3. The first kappa shape index (κ1) is 16.7. The Bertz CT molecular complexity index is 352. The van der Waals surface area contributed by atoms with Crippen LogP contribution in [-0.2, 0) is 20.9 Å². The van der Waals surface area contributed by atoms with Gasteiger partial charge in [0, 0.05) is 13.0 Å².